The van der Waals surface area contributed by atoms with Gasteiger partial charge in [-0.05, 0) is 26.5 Å². The van der Waals surface area contributed by atoms with Crippen LogP contribution in [-0.2, 0) is 0 Å². The van der Waals surface area contributed by atoms with Crippen LogP contribution in [0.25, 0.3) is 0 Å². The molecule has 0 aliphatic carbocycles. The number of aromatic amines is 1. The minimum atomic E-state index is 0.282. The molecule has 0 radical (unpaired) electrons. The molecule has 2 rings (SSSR count). The Hall–Kier alpha value is -1.33. The van der Waals surface area contributed by atoms with Crippen molar-refractivity contribution in [3.63, 3.8) is 0 Å². The van der Waals surface area contributed by atoms with Crippen LogP contribution in [0.4, 0.5) is 0 Å². The summed E-state index contributed by atoms with van der Waals surface area (Å²) in [5.74, 6) is 0.853. The zero-order valence-electron chi connectivity index (χ0n) is 11.8. The maximum atomic E-state index is 4.34. The highest BCUT2D eigenvalue weighted by Crippen LogP contribution is 2.29. The smallest absolute Gasteiger partial charge is 0.208 e. The number of rotatable bonds is 5. The fourth-order valence-electron chi connectivity index (χ4n) is 2.06. The van der Waals surface area contributed by atoms with Crippen LogP contribution in [0, 0.1) is 13.8 Å². The molecule has 1 aromatic heterocycles. The van der Waals surface area contributed by atoms with E-state index < -0.39 is 0 Å². The van der Waals surface area contributed by atoms with E-state index in [0.29, 0.717) is 5.25 Å². The molecule has 2 N–H and O–H groups in total. The second-order valence-electron chi connectivity index (χ2n) is 4.70. The summed E-state index contributed by atoms with van der Waals surface area (Å²) >= 11 is 1.68. The summed E-state index contributed by atoms with van der Waals surface area (Å²) in [5, 5.41) is 11.6. The molecule has 2 unspecified atom stereocenters. The Kier molecular flexibility index (Phi) is 4.61. The number of nitrogens with one attached hydrogen (secondary N) is 2. The Bertz CT molecular complexity index is 520. The lowest BCUT2D eigenvalue weighted by atomic mass is 10.0. The van der Waals surface area contributed by atoms with Crippen molar-refractivity contribution in [3.05, 3.63) is 41.2 Å². The predicted molar refractivity (Wildman–Crippen MR) is 79.4 cm³/mol. The molecule has 0 fully saturated rings. The van der Waals surface area contributed by atoms with Gasteiger partial charge < -0.3 is 5.32 Å². The first-order valence-corrected chi connectivity index (χ1v) is 7.27. The van der Waals surface area contributed by atoms with E-state index in [-0.39, 0.29) is 6.04 Å². The highest BCUT2D eigenvalue weighted by atomic mass is 32.2. The average molecular weight is 276 g/mol. The van der Waals surface area contributed by atoms with E-state index >= 15 is 0 Å². The molecule has 19 heavy (non-hydrogen) atoms. The molecule has 5 heteroatoms. The minimum Gasteiger partial charge on any atom is -0.312 e. The van der Waals surface area contributed by atoms with Crippen molar-refractivity contribution < 1.29 is 0 Å². The van der Waals surface area contributed by atoms with Crippen LogP contribution in [0.15, 0.2) is 29.4 Å². The van der Waals surface area contributed by atoms with Crippen molar-refractivity contribution >= 4 is 11.8 Å². The first-order valence-electron chi connectivity index (χ1n) is 6.39. The van der Waals surface area contributed by atoms with E-state index in [1.165, 1.54) is 11.1 Å². The van der Waals surface area contributed by atoms with Gasteiger partial charge in [-0.2, -0.15) is 0 Å². The van der Waals surface area contributed by atoms with E-state index in [0.717, 1.165) is 11.0 Å². The van der Waals surface area contributed by atoms with Crippen molar-refractivity contribution in [1.29, 1.82) is 0 Å². The van der Waals surface area contributed by atoms with Crippen molar-refractivity contribution in [3.8, 4) is 0 Å². The van der Waals surface area contributed by atoms with Gasteiger partial charge in [0.05, 0.1) is 0 Å². The molecule has 0 aliphatic heterocycles. The van der Waals surface area contributed by atoms with Crippen molar-refractivity contribution in [2.24, 2.45) is 0 Å². The molecule has 0 saturated heterocycles. The van der Waals surface area contributed by atoms with E-state index in [1.54, 1.807) is 11.8 Å². The topological polar surface area (TPSA) is 53.6 Å². The number of nitrogens with zero attached hydrogens (tertiary/aromatic N) is 2. The van der Waals surface area contributed by atoms with Gasteiger partial charge >= 0.3 is 0 Å². The van der Waals surface area contributed by atoms with Gasteiger partial charge in [-0.15, -0.1) is 5.10 Å². The summed E-state index contributed by atoms with van der Waals surface area (Å²) in [6, 6.07) is 8.93. The lowest BCUT2D eigenvalue weighted by Gasteiger charge is -2.22. The van der Waals surface area contributed by atoms with Crippen LogP contribution >= 0.6 is 11.8 Å². The number of aromatic nitrogens is 3. The largest absolute Gasteiger partial charge is 0.312 e. The van der Waals surface area contributed by atoms with Gasteiger partial charge in [0.15, 0.2) is 0 Å². The fourth-order valence-corrected chi connectivity index (χ4v) is 3.11. The lowest BCUT2D eigenvalue weighted by molar-refractivity contribution is 0.588. The molecule has 0 spiro atoms. The first kappa shape index (κ1) is 14.1. The highest BCUT2D eigenvalue weighted by Gasteiger charge is 2.20. The Labute approximate surface area is 118 Å². The van der Waals surface area contributed by atoms with Gasteiger partial charge in [-0.25, -0.2) is 4.98 Å². The number of hydrogen-bond acceptors (Lipinski definition) is 4. The normalized spacial score (nSPS) is 14.3. The standard InChI is InChI=1S/C14H20N4S/c1-9-5-7-12(8-6-9)13(15-4)10(2)19-14-16-11(3)17-18-14/h5-8,10,13,15H,1-4H3,(H,16,17,18). The van der Waals surface area contributed by atoms with E-state index in [1.807, 2.05) is 14.0 Å². The summed E-state index contributed by atoms with van der Waals surface area (Å²) in [6.45, 7) is 6.21. The van der Waals surface area contributed by atoms with Gasteiger partial charge in [-0.3, -0.25) is 5.10 Å². The third kappa shape index (κ3) is 3.58. The van der Waals surface area contributed by atoms with Crippen LogP contribution in [0.5, 0.6) is 0 Å². The lowest BCUT2D eigenvalue weighted by Crippen LogP contribution is -2.25. The molecular formula is C14H20N4S. The summed E-state index contributed by atoms with van der Waals surface area (Å²) < 4.78 is 0. The Morgan fingerprint density at radius 2 is 1.89 bits per heavy atom. The molecule has 0 amide bonds. The Balaban J connectivity index is 2.10. The van der Waals surface area contributed by atoms with Gasteiger partial charge in [-0.1, -0.05) is 48.5 Å². The number of aryl methyl sites for hydroxylation is 2. The zero-order chi connectivity index (χ0) is 13.8. The molecule has 2 atom stereocenters. The summed E-state index contributed by atoms with van der Waals surface area (Å²) in [7, 11) is 1.99. The SMILES string of the molecule is CNC(c1ccc(C)cc1)C(C)Sc1n[nH]c(C)n1. The Morgan fingerprint density at radius 3 is 2.42 bits per heavy atom. The van der Waals surface area contributed by atoms with Crippen LogP contribution in [0.3, 0.4) is 0 Å². The molecule has 102 valence electrons. The zero-order valence-corrected chi connectivity index (χ0v) is 12.6. The van der Waals surface area contributed by atoms with Gasteiger partial charge in [0.1, 0.15) is 5.82 Å². The van der Waals surface area contributed by atoms with Gasteiger partial charge in [0.25, 0.3) is 0 Å². The van der Waals surface area contributed by atoms with Gasteiger partial charge in [0, 0.05) is 11.3 Å². The third-order valence-corrected chi connectivity index (χ3v) is 4.12. The van der Waals surface area contributed by atoms with Crippen molar-refractivity contribution in [1.82, 2.24) is 20.5 Å². The van der Waals surface area contributed by atoms with Crippen molar-refractivity contribution in [2.45, 2.75) is 37.2 Å². The van der Waals surface area contributed by atoms with E-state index in [2.05, 4.69) is 58.6 Å². The maximum absolute atomic E-state index is 4.34. The predicted octanol–water partition coefficient (Wildman–Crippen LogP) is 2.86. The molecule has 0 aliphatic rings. The first-order chi connectivity index (χ1) is 9.10. The minimum absolute atomic E-state index is 0.282. The molecule has 4 nitrogen and oxygen atoms in total. The van der Waals surface area contributed by atoms with Crippen LogP contribution in [0.1, 0.15) is 29.9 Å². The highest BCUT2D eigenvalue weighted by molar-refractivity contribution is 7.99. The molecule has 1 heterocycles. The average Bonchev–Trinajstić information content (AvgIpc) is 2.78. The van der Waals surface area contributed by atoms with E-state index in [9.17, 15) is 0 Å². The quantitative estimate of drug-likeness (QED) is 0.825. The monoisotopic (exact) mass is 276 g/mol. The molecule has 0 saturated carbocycles. The van der Waals surface area contributed by atoms with Crippen LogP contribution < -0.4 is 5.32 Å². The molecule has 1 aromatic carbocycles. The second-order valence-corrected chi connectivity index (χ2v) is 6.05. The summed E-state index contributed by atoms with van der Waals surface area (Å²) in [6.07, 6.45) is 0. The van der Waals surface area contributed by atoms with Crippen LogP contribution in [0.2, 0.25) is 0 Å². The van der Waals surface area contributed by atoms with Crippen molar-refractivity contribution in [2.75, 3.05) is 7.05 Å². The van der Waals surface area contributed by atoms with Crippen LogP contribution in [-0.4, -0.2) is 27.5 Å². The number of benzene rings is 1. The second kappa shape index (κ2) is 6.21. The Morgan fingerprint density at radius 1 is 1.21 bits per heavy atom. The number of hydrogen-bond donors (Lipinski definition) is 2. The number of H-pyrrole nitrogens is 1. The summed E-state index contributed by atoms with van der Waals surface area (Å²) in [4.78, 5) is 4.34. The molecule has 0 bridgehead atoms. The summed E-state index contributed by atoms with van der Waals surface area (Å²) in [5.41, 5.74) is 2.57. The van der Waals surface area contributed by atoms with Gasteiger partial charge in [0.2, 0.25) is 5.16 Å². The fraction of sp³-hybridized carbons (Fsp3) is 0.429. The number of thioether (sulfide) groups is 1. The molecule has 2 aromatic rings. The maximum Gasteiger partial charge on any atom is 0.208 e. The van der Waals surface area contributed by atoms with E-state index in [4.69, 9.17) is 0 Å². The third-order valence-electron chi connectivity index (χ3n) is 3.08. The molecular weight excluding hydrogens is 256 g/mol.